The molecule has 5 nitrogen and oxygen atoms in total. The molecule has 2 bridgehead atoms. The Morgan fingerprint density at radius 2 is 1.72 bits per heavy atom. The summed E-state index contributed by atoms with van der Waals surface area (Å²) >= 11 is 0. The number of halogens is 1. The van der Waals surface area contributed by atoms with E-state index in [0.29, 0.717) is 12.1 Å². The molecule has 7 heteroatoms. The van der Waals surface area contributed by atoms with Crippen LogP contribution in [-0.2, 0) is 10.2 Å². The SMILES string of the molecule is CC(C)NS(=O)(=O)N(C)C1CC2CCC(C1)N2.Cl. The first kappa shape index (κ1) is 16.2. The van der Waals surface area contributed by atoms with Crippen LogP contribution < -0.4 is 10.0 Å². The number of hydrogen-bond donors (Lipinski definition) is 2. The van der Waals surface area contributed by atoms with Gasteiger partial charge < -0.3 is 5.32 Å². The molecule has 2 aliphatic heterocycles. The van der Waals surface area contributed by atoms with Gasteiger partial charge in [0.05, 0.1) is 0 Å². The van der Waals surface area contributed by atoms with Crippen LogP contribution in [0.15, 0.2) is 0 Å². The molecule has 2 rings (SSSR count). The van der Waals surface area contributed by atoms with Gasteiger partial charge in [0, 0.05) is 31.2 Å². The zero-order chi connectivity index (χ0) is 12.6. The minimum Gasteiger partial charge on any atom is -0.311 e. The molecule has 18 heavy (non-hydrogen) atoms. The van der Waals surface area contributed by atoms with E-state index >= 15 is 0 Å². The molecular weight excluding hydrogens is 274 g/mol. The van der Waals surface area contributed by atoms with Crippen LogP contribution in [-0.4, -0.2) is 43.9 Å². The molecule has 2 aliphatic rings. The lowest BCUT2D eigenvalue weighted by molar-refractivity contribution is 0.249. The van der Waals surface area contributed by atoms with Gasteiger partial charge >= 0.3 is 0 Å². The zero-order valence-electron chi connectivity index (χ0n) is 11.2. The monoisotopic (exact) mass is 297 g/mol. The molecule has 0 aromatic carbocycles. The third-order valence-electron chi connectivity index (χ3n) is 3.73. The maximum absolute atomic E-state index is 12.1. The van der Waals surface area contributed by atoms with E-state index in [-0.39, 0.29) is 24.5 Å². The van der Waals surface area contributed by atoms with Crippen molar-refractivity contribution in [2.24, 2.45) is 0 Å². The van der Waals surface area contributed by atoms with Gasteiger partial charge in [-0.05, 0) is 39.5 Å². The lowest BCUT2D eigenvalue weighted by Crippen LogP contribution is -2.52. The fourth-order valence-electron chi connectivity index (χ4n) is 2.90. The van der Waals surface area contributed by atoms with Crippen molar-refractivity contribution in [2.75, 3.05) is 7.05 Å². The minimum absolute atomic E-state index is 0. The topological polar surface area (TPSA) is 61.4 Å². The lowest BCUT2D eigenvalue weighted by atomic mass is 10.0. The summed E-state index contributed by atoms with van der Waals surface area (Å²) in [5, 5.41) is 3.53. The van der Waals surface area contributed by atoms with E-state index in [4.69, 9.17) is 0 Å². The third-order valence-corrected chi connectivity index (χ3v) is 5.55. The number of rotatable bonds is 4. The average molecular weight is 298 g/mol. The molecule has 2 heterocycles. The fourth-order valence-corrected chi connectivity index (χ4v) is 4.23. The average Bonchev–Trinajstić information content (AvgIpc) is 2.54. The van der Waals surface area contributed by atoms with E-state index in [1.54, 1.807) is 7.05 Å². The first-order valence-corrected chi connectivity index (χ1v) is 7.84. The summed E-state index contributed by atoms with van der Waals surface area (Å²) in [5.74, 6) is 0. The van der Waals surface area contributed by atoms with Crippen LogP contribution in [0.2, 0.25) is 0 Å². The Bertz CT molecular complexity index is 362. The number of fused-ring (bicyclic) bond motifs is 2. The molecule has 0 aromatic heterocycles. The summed E-state index contributed by atoms with van der Waals surface area (Å²) in [7, 11) is -1.63. The van der Waals surface area contributed by atoms with E-state index in [1.807, 2.05) is 13.8 Å². The summed E-state index contributed by atoms with van der Waals surface area (Å²) in [4.78, 5) is 0. The van der Waals surface area contributed by atoms with Crippen molar-refractivity contribution in [1.29, 1.82) is 0 Å². The van der Waals surface area contributed by atoms with Crippen LogP contribution in [0.25, 0.3) is 0 Å². The van der Waals surface area contributed by atoms with Gasteiger partial charge in [0.15, 0.2) is 0 Å². The van der Waals surface area contributed by atoms with Crippen LogP contribution in [0.3, 0.4) is 0 Å². The van der Waals surface area contributed by atoms with Gasteiger partial charge in [-0.1, -0.05) is 0 Å². The molecule has 2 atom stereocenters. The standard InChI is InChI=1S/C11H23N3O2S.ClH/c1-8(2)13-17(15,16)14(3)11-6-9-4-5-10(7-11)12-9;/h8-13H,4-7H2,1-3H3;1H. The highest BCUT2D eigenvalue weighted by atomic mass is 35.5. The largest absolute Gasteiger partial charge is 0.311 e. The van der Waals surface area contributed by atoms with Gasteiger partial charge in [0.2, 0.25) is 0 Å². The molecule has 0 radical (unpaired) electrons. The number of nitrogens with zero attached hydrogens (tertiary/aromatic N) is 1. The zero-order valence-corrected chi connectivity index (χ0v) is 12.9. The smallest absolute Gasteiger partial charge is 0.279 e. The van der Waals surface area contributed by atoms with E-state index in [2.05, 4.69) is 10.0 Å². The number of nitrogens with one attached hydrogen (secondary N) is 2. The van der Waals surface area contributed by atoms with Crippen molar-refractivity contribution in [1.82, 2.24) is 14.3 Å². The molecular formula is C11H24ClN3O2S. The Hall–Kier alpha value is 0.120. The van der Waals surface area contributed by atoms with E-state index in [0.717, 1.165) is 12.8 Å². The van der Waals surface area contributed by atoms with Gasteiger partial charge in [-0.15, -0.1) is 12.4 Å². The van der Waals surface area contributed by atoms with E-state index < -0.39 is 10.2 Å². The maximum Gasteiger partial charge on any atom is 0.279 e. The Balaban J connectivity index is 0.00000162. The predicted molar refractivity (Wildman–Crippen MR) is 75.2 cm³/mol. The Kier molecular flexibility index (Phi) is 5.44. The summed E-state index contributed by atoms with van der Waals surface area (Å²) < 4.78 is 28.3. The molecule has 0 amide bonds. The van der Waals surface area contributed by atoms with Crippen molar-refractivity contribution < 1.29 is 8.42 Å². The number of piperidine rings is 1. The lowest BCUT2D eigenvalue weighted by Gasteiger charge is -2.35. The van der Waals surface area contributed by atoms with Gasteiger partial charge in [0.25, 0.3) is 10.2 Å². The predicted octanol–water partition coefficient (Wildman–Crippen LogP) is 0.866. The second-order valence-corrected chi connectivity index (χ2v) is 7.32. The summed E-state index contributed by atoms with van der Waals surface area (Å²) in [5.41, 5.74) is 0. The molecule has 2 unspecified atom stereocenters. The van der Waals surface area contributed by atoms with Crippen LogP contribution in [0.4, 0.5) is 0 Å². The Morgan fingerprint density at radius 1 is 1.22 bits per heavy atom. The quantitative estimate of drug-likeness (QED) is 0.809. The molecule has 0 spiro atoms. The van der Waals surface area contributed by atoms with Crippen LogP contribution in [0, 0.1) is 0 Å². The molecule has 0 saturated carbocycles. The maximum atomic E-state index is 12.1. The van der Waals surface area contributed by atoms with E-state index in [1.165, 1.54) is 17.1 Å². The normalized spacial score (nSPS) is 31.7. The minimum atomic E-state index is -3.32. The van der Waals surface area contributed by atoms with Gasteiger partial charge in [-0.2, -0.15) is 17.4 Å². The Labute approximate surface area is 116 Å². The molecule has 2 N–H and O–H groups in total. The van der Waals surface area contributed by atoms with Crippen molar-refractivity contribution in [3.8, 4) is 0 Å². The molecule has 0 aliphatic carbocycles. The first-order valence-electron chi connectivity index (χ1n) is 6.40. The summed E-state index contributed by atoms with van der Waals surface area (Å²) in [6, 6.07) is 1.11. The van der Waals surface area contributed by atoms with Gasteiger partial charge in [-0.3, -0.25) is 0 Å². The molecule has 108 valence electrons. The highest BCUT2D eigenvalue weighted by molar-refractivity contribution is 7.87. The number of hydrogen-bond acceptors (Lipinski definition) is 3. The van der Waals surface area contributed by atoms with Crippen LogP contribution in [0.1, 0.15) is 39.5 Å². The highest BCUT2D eigenvalue weighted by Gasteiger charge is 2.38. The van der Waals surface area contributed by atoms with Gasteiger partial charge in [0.1, 0.15) is 0 Å². The molecule has 2 fully saturated rings. The van der Waals surface area contributed by atoms with Crippen molar-refractivity contribution in [3.63, 3.8) is 0 Å². The van der Waals surface area contributed by atoms with Crippen molar-refractivity contribution in [2.45, 2.75) is 63.7 Å². The summed E-state index contributed by atoms with van der Waals surface area (Å²) in [6.07, 6.45) is 4.25. The Morgan fingerprint density at radius 3 is 2.17 bits per heavy atom. The summed E-state index contributed by atoms with van der Waals surface area (Å²) in [6.45, 7) is 3.69. The van der Waals surface area contributed by atoms with Crippen LogP contribution >= 0.6 is 12.4 Å². The van der Waals surface area contributed by atoms with Crippen molar-refractivity contribution >= 4 is 22.6 Å². The second kappa shape index (κ2) is 6.05. The van der Waals surface area contributed by atoms with Crippen LogP contribution in [0.5, 0.6) is 0 Å². The second-order valence-electron chi connectivity index (χ2n) is 5.56. The van der Waals surface area contributed by atoms with Crippen molar-refractivity contribution in [3.05, 3.63) is 0 Å². The first-order chi connectivity index (χ1) is 7.88. The van der Waals surface area contributed by atoms with E-state index in [9.17, 15) is 8.42 Å². The third kappa shape index (κ3) is 3.57. The van der Waals surface area contributed by atoms with Gasteiger partial charge in [-0.25, -0.2) is 0 Å². The highest BCUT2D eigenvalue weighted by Crippen LogP contribution is 2.29. The fraction of sp³-hybridized carbons (Fsp3) is 1.00. The molecule has 2 saturated heterocycles. The molecule has 0 aromatic rings.